The minimum Gasteiger partial charge on any atom is -0.308 e. The summed E-state index contributed by atoms with van der Waals surface area (Å²) in [7, 11) is 20.8. The highest BCUT2D eigenvalue weighted by molar-refractivity contribution is 7.17. The molecule has 0 aliphatic heterocycles. The first-order valence-electron chi connectivity index (χ1n) is 41.1. The Balaban J connectivity index is 0.000000119. The summed E-state index contributed by atoms with van der Waals surface area (Å²) >= 11 is 17.8. The van der Waals surface area contributed by atoms with Gasteiger partial charge >= 0.3 is 0 Å². The fourth-order valence-electron chi connectivity index (χ4n) is 16.2. The standard InChI is InChI=1S/4C12H9N4P.2C11H9ClN3P.C11H6FN4P.C10H6ClFN3P.2C2H3N/c4*1-7-9(5-13)15-6-10-11(7)8-3-2-4-14-12(8)16(10)17;2*1-6-9-7-3-2-4-13-11(7)15(16)8(9)5-14-10(6)12;12-10-7(4-13)15-5-8-9(10)6-2-1-3-14-11(6)16(8)17;11-9-8(12)7-5-2-1-3-13-10(5)15(16)6(7)4-14-9;2*1-2-3/h4*2-4,6H,17H2,1H3;2*2-5H,16H2,1H3;1-3,5H,17H2;1-4H,16H2;2*1H3. The number of nitriles is 7. The number of rotatable bonds is 0. The van der Waals surface area contributed by atoms with Gasteiger partial charge in [0.2, 0.25) is 0 Å². The summed E-state index contributed by atoms with van der Waals surface area (Å²) in [5.74, 6) is -1.09. The number of nitrogens with zero attached hydrogens (tertiary/aromatic N) is 31. The molecule has 0 bridgehead atoms. The van der Waals surface area contributed by atoms with Crippen molar-refractivity contribution in [2.75, 3.05) is 0 Å². The van der Waals surface area contributed by atoms with Crippen LogP contribution in [0.25, 0.3) is 175 Å². The third-order valence-corrected chi connectivity index (χ3v) is 27.7. The van der Waals surface area contributed by atoms with Gasteiger partial charge in [-0.15, -0.1) is 0 Å². The van der Waals surface area contributed by atoms with Crippen molar-refractivity contribution >= 4 is 285 Å². The van der Waals surface area contributed by atoms with Crippen molar-refractivity contribution in [1.29, 1.82) is 36.8 Å². The first-order valence-corrected chi connectivity index (χ1v) is 46.3. The highest BCUT2D eigenvalue weighted by Gasteiger charge is 2.24. The third kappa shape index (κ3) is 18.3. The lowest BCUT2D eigenvalue weighted by Gasteiger charge is -1.99. The summed E-state index contributed by atoms with van der Waals surface area (Å²) in [6.45, 7) is 14.5. The quantitative estimate of drug-likeness (QED) is 0.100. The van der Waals surface area contributed by atoms with Gasteiger partial charge in [-0.3, -0.25) is 0 Å². The molecule has 0 fully saturated rings. The Hall–Kier alpha value is -14.6. The molecule has 31 nitrogen and oxygen atoms in total. The summed E-state index contributed by atoms with van der Waals surface area (Å²) in [5, 5.41) is 75.6. The van der Waals surface area contributed by atoms with Crippen LogP contribution in [0.5, 0.6) is 0 Å². The van der Waals surface area contributed by atoms with Gasteiger partial charge in [-0.1, -0.05) is 34.8 Å². The van der Waals surface area contributed by atoms with Crippen LogP contribution in [0.15, 0.2) is 196 Å². The molecule has 8 atom stereocenters. The maximum atomic E-state index is 14.1. The van der Waals surface area contributed by atoms with Crippen molar-refractivity contribution < 1.29 is 8.78 Å². The van der Waals surface area contributed by atoms with E-state index in [1.54, 1.807) is 132 Å². The van der Waals surface area contributed by atoms with E-state index in [9.17, 15) is 8.78 Å². The van der Waals surface area contributed by atoms with E-state index in [1.165, 1.54) is 26.2 Å². The highest BCUT2D eigenvalue weighted by Crippen LogP contribution is 2.41. The molecule has 0 spiro atoms. The Labute approximate surface area is 822 Å². The molecule has 44 heteroatoms. The first-order chi connectivity index (χ1) is 67.1. The summed E-state index contributed by atoms with van der Waals surface area (Å²) in [6, 6.07) is 44.4. The van der Waals surface area contributed by atoms with Gasteiger partial charge in [-0.2, -0.15) is 36.8 Å². The molecule has 24 heterocycles. The van der Waals surface area contributed by atoms with Crippen molar-refractivity contribution in [2.24, 2.45) is 0 Å². The molecule has 0 aromatic carbocycles. The molecule has 24 aromatic heterocycles. The molecule has 139 heavy (non-hydrogen) atoms. The molecule has 0 aliphatic rings. The molecule has 0 saturated carbocycles. The van der Waals surface area contributed by atoms with Crippen LogP contribution >= 0.6 is 110 Å². The fraction of sp³-hybridized carbons (Fsp3) is 0.0842. The number of halogens is 5. The Kier molecular flexibility index (Phi) is 30.3. The fourth-order valence-corrected chi connectivity index (χ4v) is 19.8. The maximum absolute atomic E-state index is 14.1. The molecule has 0 radical (unpaired) electrons. The zero-order valence-electron chi connectivity index (χ0n) is 74.3. The predicted molar refractivity (Wildman–Crippen MR) is 571 cm³/mol. The van der Waals surface area contributed by atoms with E-state index >= 15 is 0 Å². The van der Waals surface area contributed by atoms with Crippen molar-refractivity contribution in [3.05, 3.63) is 285 Å². The summed E-state index contributed by atoms with van der Waals surface area (Å²) < 4.78 is 43.0. The molecule has 0 amide bonds. The van der Waals surface area contributed by atoms with E-state index < -0.39 is 11.6 Å². The third-order valence-electron chi connectivity index (χ3n) is 22.5. The topological polar surface area (TPSA) is 412 Å². The van der Waals surface area contributed by atoms with Crippen LogP contribution in [0.4, 0.5) is 8.78 Å². The van der Waals surface area contributed by atoms with E-state index in [4.69, 9.17) is 71.6 Å². The van der Waals surface area contributed by atoms with E-state index in [-0.39, 0.29) is 10.8 Å². The number of aromatic nitrogens is 24. The van der Waals surface area contributed by atoms with Crippen LogP contribution < -0.4 is 0 Å². The zero-order chi connectivity index (χ0) is 99.2. The van der Waals surface area contributed by atoms with E-state index in [0.29, 0.717) is 71.6 Å². The van der Waals surface area contributed by atoms with Gasteiger partial charge in [0.15, 0.2) is 22.5 Å². The van der Waals surface area contributed by atoms with Gasteiger partial charge in [0.25, 0.3) is 0 Å². The minimum absolute atomic E-state index is 0.117. The largest absolute Gasteiger partial charge is 0.308 e. The minimum atomic E-state index is -0.593. The number of pyridine rings is 16. The van der Waals surface area contributed by atoms with E-state index in [2.05, 4.69) is 191 Å². The van der Waals surface area contributed by atoms with E-state index in [1.807, 2.05) is 134 Å². The molecule has 24 aromatic rings. The highest BCUT2D eigenvalue weighted by atomic mass is 35.5. The van der Waals surface area contributed by atoms with Crippen molar-refractivity contribution in [2.45, 2.75) is 55.4 Å². The summed E-state index contributed by atoms with van der Waals surface area (Å²) in [6.07, 6.45) is 27.3. The molecule has 0 aliphatic carbocycles. The summed E-state index contributed by atoms with van der Waals surface area (Å²) in [5.41, 5.74) is 21.2. The second-order valence-corrected chi connectivity index (χ2v) is 35.3. The number of hydrogen-bond donors (Lipinski definition) is 0. The molecular formula is C95H72Cl3F2N31P8. The lowest BCUT2D eigenvalue weighted by Crippen LogP contribution is -1.90. The average molecular weight is 2040 g/mol. The Morgan fingerprint density at radius 2 is 0.388 bits per heavy atom. The number of aryl methyl sites for hydroxylation is 6. The molecular weight excluding hydrogens is 1970 g/mol. The smallest absolute Gasteiger partial charge is 0.177 e. The van der Waals surface area contributed by atoms with Crippen molar-refractivity contribution in [3.8, 4) is 42.5 Å². The van der Waals surface area contributed by atoms with E-state index in [0.717, 1.165) is 170 Å². The van der Waals surface area contributed by atoms with Crippen LogP contribution in [-0.4, -0.2) is 114 Å². The zero-order valence-corrected chi connectivity index (χ0v) is 85.9. The Morgan fingerprint density at radius 1 is 0.230 bits per heavy atom. The molecule has 0 saturated heterocycles. The molecule has 682 valence electrons. The maximum Gasteiger partial charge on any atom is 0.177 e. The van der Waals surface area contributed by atoms with Gasteiger partial charge in [0.05, 0.1) is 111 Å². The van der Waals surface area contributed by atoms with Gasteiger partial charge in [-0.05, 0) is 247 Å². The SMILES string of the molecule is CC#N.CC#N.Cc1c(C#N)ncc2c1c1cccnc1n2P.Cc1c(C#N)ncc2c1c1cccnc1n2P.Cc1c(C#N)ncc2c1c1cccnc1n2P.Cc1c(C#N)ncc2c1c1cccnc1n2P.Cc1c(Cl)ncc2c1c1cccnc1n2P.Cc1c(Cl)ncc2c1c1cccnc1n2P.Fc1c(Cl)ncc2c1c1cccnc1n2P.N#Cc1ncc2c(c1F)c1cccnc1n2P. The monoisotopic (exact) mass is 2040 g/mol. The van der Waals surface area contributed by atoms with Crippen LogP contribution in [0.2, 0.25) is 15.5 Å². The average Bonchev–Trinajstić information content (AvgIpc) is 1.62. The van der Waals surface area contributed by atoms with Gasteiger partial charge in [0.1, 0.15) is 109 Å². The second-order valence-electron chi connectivity index (χ2n) is 30.1. The van der Waals surface area contributed by atoms with Crippen molar-refractivity contribution in [3.63, 3.8) is 0 Å². The van der Waals surface area contributed by atoms with Crippen LogP contribution in [0.3, 0.4) is 0 Å². The Morgan fingerprint density at radius 3 is 0.590 bits per heavy atom. The van der Waals surface area contributed by atoms with Gasteiger partial charge in [0, 0.05) is 144 Å². The van der Waals surface area contributed by atoms with Crippen LogP contribution in [0.1, 0.15) is 75.7 Å². The van der Waals surface area contributed by atoms with Gasteiger partial charge in [-0.25, -0.2) is 88.5 Å². The lowest BCUT2D eigenvalue weighted by atomic mass is 10.1. The number of fused-ring (bicyclic) bond motifs is 24. The summed E-state index contributed by atoms with van der Waals surface area (Å²) in [4.78, 5) is 67.0. The Bertz CT molecular complexity index is 8340. The van der Waals surface area contributed by atoms with Gasteiger partial charge < -0.3 is 34.7 Å². The lowest BCUT2D eigenvalue weighted by molar-refractivity contribution is 0.630. The molecule has 8 unspecified atom stereocenters. The number of hydrogen-bond acceptors (Lipinski definition) is 23. The molecule has 24 rings (SSSR count). The first kappa shape index (κ1) is 98.9. The van der Waals surface area contributed by atoms with Crippen LogP contribution in [0, 0.1) is 132 Å². The van der Waals surface area contributed by atoms with Crippen molar-refractivity contribution in [1.82, 2.24) is 114 Å². The predicted octanol–water partition coefficient (Wildman–Crippen LogP) is 22.3. The van der Waals surface area contributed by atoms with Crippen LogP contribution in [-0.2, 0) is 0 Å². The normalized spacial score (nSPS) is 10.7. The molecule has 0 N–H and O–H groups in total. The second kappa shape index (κ2) is 42.6.